The molecular formula is C32H43ClN6O6S. The molecule has 0 spiro atoms. The Kier molecular flexibility index (Phi) is 11.0. The zero-order valence-corrected chi connectivity index (χ0v) is 28.6. The summed E-state index contributed by atoms with van der Waals surface area (Å²) in [5, 5.41) is 6.73. The van der Waals surface area contributed by atoms with Gasteiger partial charge in [0.2, 0.25) is 5.95 Å². The summed E-state index contributed by atoms with van der Waals surface area (Å²) in [5.41, 5.74) is 3.95. The van der Waals surface area contributed by atoms with Crippen molar-refractivity contribution in [2.24, 2.45) is 0 Å². The highest BCUT2D eigenvalue weighted by molar-refractivity contribution is 7.89. The Hall–Kier alpha value is -3.52. The lowest BCUT2D eigenvalue weighted by molar-refractivity contribution is 0.0115. The molecule has 2 aliphatic rings. The Morgan fingerprint density at radius 2 is 1.70 bits per heavy atom. The molecule has 12 nitrogen and oxygen atoms in total. The van der Waals surface area contributed by atoms with Crippen molar-refractivity contribution in [3.63, 3.8) is 0 Å². The number of aryl methyl sites for hydroxylation is 1. The summed E-state index contributed by atoms with van der Waals surface area (Å²) in [6, 6.07) is 8.16. The fourth-order valence-corrected chi connectivity index (χ4v) is 7.10. The number of aromatic nitrogens is 2. The molecule has 2 aliphatic heterocycles. The maximum absolute atomic E-state index is 12.3. The summed E-state index contributed by atoms with van der Waals surface area (Å²) in [6.07, 6.45) is 5.72. The largest absolute Gasteiger partial charge is 0.494 e. The van der Waals surface area contributed by atoms with Crippen LogP contribution in [0.5, 0.6) is 17.2 Å². The lowest BCUT2D eigenvalue weighted by Crippen LogP contribution is -2.49. The summed E-state index contributed by atoms with van der Waals surface area (Å²) >= 11 is 6.51. The number of morpholine rings is 1. The van der Waals surface area contributed by atoms with Gasteiger partial charge in [-0.05, 0) is 43.0 Å². The predicted molar refractivity (Wildman–Crippen MR) is 182 cm³/mol. The van der Waals surface area contributed by atoms with Gasteiger partial charge in [-0.1, -0.05) is 18.5 Å². The van der Waals surface area contributed by atoms with Crippen molar-refractivity contribution >= 4 is 50.3 Å². The molecule has 5 rings (SSSR count). The number of hydrogen-bond acceptors (Lipinski definition) is 12. The van der Waals surface area contributed by atoms with E-state index in [0.717, 1.165) is 70.6 Å². The Labute approximate surface area is 276 Å². The predicted octanol–water partition coefficient (Wildman–Crippen LogP) is 5.05. The van der Waals surface area contributed by atoms with Gasteiger partial charge in [0.15, 0.2) is 27.2 Å². The van der Waals surface area contributed by atoms with E-state index in [2.05, 4.69) is 49.5 Å². The number of ether oxygens (including phenoxy) is 4. The zero-order chi connectivity index (χ0) is 32.8. The van der Waals surface area contributed by atoms with Gasteiger partial charge in [-0.2, -0.15) is 4.98 Å². The van der Waals surface area contributed by atoms with Gasteiger partial charge >= 0.3 is 0 Å². The number of benzene rings is 2. The van der Waals surface area contributed by atoms with Crippen LogP contribution in [0.25, 0.3) is 0 Å². The molecule has 0 unspecified atom stereocenters. The van der Waals surface area contributed by atoms with E-state index in [4.69, 9.17) is 30.5 Å². The van der Waals surface area contributed by atoms with E-state index >= 15 is 0 Å². The molecular weight excluding hydrogens is 632 g/mol. The number of piperidine rings is 1. The van der Waals surface area contributed by atoms with Gasteiger partial charge in [-0.25, -0.2) is 13.4 Å². The van der Waals surface area contributed by atoms with E-state index in [1.54, 1.807) is 19.2 Å². The minimum Gasteiger partial charge on any atom is -0.494 e. The second kappa shape index (κ2) is 14.9. The molecule has 2 aromatic carbocycles. The number of rotatable bonds is 12. The second-order valence-electron chi connectivity index (χ2n) is 11.4. The first-order chi connectivity index (χ1) is 22.1. The third-order valence-corrected chi connectivity index (χ3v) is 9.54. The molecule has 14 heteroatoms. The van der Waals surface area contributed by atoms with E-state index in [-0.39, 0.29) is 22.5 Å². The lowest BCUT2D eigenvalue weighted by atomic mass is 10.00. The fraction of sp³-hybridized carbons (Fsp3) is 0.500. The fourth-order valence-electron chi connectivity index (χ4n) is 6.15. The van der Waals surface area contributed by atoms with Crippen LogP contribution in [0.1, 0.15) is 30.9 Å². The van der Waals surface area contributed by atoms with Gasteiger partial charge in [0.25, 0.3) is 0 Å². The van der Waals surface area contributed by atoms with Crippen molar-refractivity contribution in [1.29, 1.82) is 0 Å². The quantitative estimate of drug-likeness (QED) is 0.267. The number of hydrogen-bond donors (Lipinski definition) is 2. The average molecular weight is 675 g/mol. The van der Waals surface area contributed by atoms with Gasteiger partial charge in [0, 0.05) is 61.5 Å². The highest BCUT2D eigenvalue weighted by Crippen LogP contribution is 2.40. The summed E-state index contributed by atoms with van der Waals surface area (Å²) in [5.74, 6) is 1.69. The van der Waals surface area contributed by atoms with E-state index in [0.29, 0.717) is 34.5 Å². The first kappa shape index (κ1) is 33.8. The van der Waals surface area contributed by atoms with Crippen molar-refractivity contribution in [3.8, 4) is 17.2 Å². The minimum absolute atomic E-state index is 0.252. The number of sulfone groups is 1. The molecule has 0 atom stereocenters. The zero-order valence-electron chi connectivity index (χ0n) is 27.1. The normalized spacial score (nSPS) is 16.3. The summed E-state index contributed by atoms with van der Waals surface area (Å²) < 4.78 is 46.9. The molecule has 1 aromatic heterocycles. The number of methoxy groups -OCH3 is 3. The lowest BCUT2D eigenvalue weighted by Gasteiger charge is -2.41. The monoisotopic (exact) mass is 674 g/mol. The van der Waals surface area contributed by atoms with Gasteiger partial charge < -0.3 is 34.5 Å². The van der Waals surface area contributed by atoms with Crippen LogP contribution in [-0.4, -0.2) is 96.3 Å². The van der Waals surface area contributed by atoms with Crippen LogP contribution in [0.3, 0.4) is 0 Å². The van der Waals surface area contributed by atoms with E-state index < -0.39 is 9.84 Å². The third kappa shape index (κ3) is 7.88. The van der Waals surface area contributed by atoms with Crippen molar-refractivity contribution in [2.75, 3.05) is 82.5 Å². The molecule has 46 heavy (non-hydrogen) atoms. The van der Waals surface area contributed by atoms with Crippen LogP contribution in [-0.2, 0) is 26.7 Å². The van der Waals surface area contributed by atoms with Crippen LogP contribution >= 0.6 is 11.6 Å². The number of nitrogens with one attached hydrogen (secondary N) is 2. The summed E-state index contributed by atoms with van der Waals surface area (Å²) in [4.78, 5) is 14.1. The smallest absolute Gasteiger partial charge is 0.229 e. The van der Waals surface area contributed by atoms with Crippen LogP contribution < -0.4 is 29.7 Å². The molecule has 3 aromatic rings. The first-order valence-corrected chi connectivity index (χ1v) is 17.8. The van der Waals surface area contributed by atoms with Gasteiger partial charge in [-0.15, -0.1) is 0 Å². The van der Waals surface area contributed by atoms with Crippen LogP contribution in [0.4, 0.5) is 28.8 Å². The number of halogens is 1. The molecule has 2 saturated heterocycles. The Balaban J connectivity index is 1.38. The van der Waals surface area contributed by atoms with E-state index in [1.807, 2.05) is 0 Å². The first-order valence-electron chi connectivity index (χ1n) is 15.4. The molecule has 0 radical (unpaired) electrons. The van der Waals surface area contributed by atoms with Crippen LogP contribution in [0, 0.1) is 0 Å². The standard InChI is InChI=1S/C32H43ClN6O6S/c1-6-21-17-26(29(43-3)18-27(21)39-11-9-22(10-12-39)38-13-15-45-16-14-38)36-32-34-19-24(33)31(37-32)35-25-7-8-28(42-2)30(44-4)23(25)20-46(5,40)41/h7-8,17-19,22H,6,9-16,20H2,1-5H3,(H2,34,35,36,37). The topological polar surface area (TPSA) is 127 Å². The highest BCUT2D eigenvalue weighted by atomic mass is 35.5. The van der Waals surface area contributed by atoms with Gasteiger partial charge in [0.1, 0.15) is 10.8 Å². The molecule has 2 N–H and O–H groups in total. The van der Waals surface area contributed by atoms with E-state index in [1.165, 1.54) is 31.7 Å². The molecule has 3 heterocycles. The van der Waals surface area contributed by atoms with Gasteiger partial charge in [0.05, 0.1) is 52.2 Å². The minimum atomic E-state index is -3.42. The van der Waals surface area contributed by atoms with Crippen molar-refractivity contribution in [1.82, 2.24) is 14.9 Å². The maximum atomic E-state index is 12.3. The SMILES string of the molecule is CCc1cc(Nc2ncc(Cl)c(Nc3ccc(OC)c(OC)c3CS(C)(=O)=O)n2)c(OC)cc1N1CCC(N2CCOCC2)CC1. The molecule has 0 saturated carbocycles. The Morgan fingerprint density at radius 3 is 2.33 bits per heavy atom. The second-order valence-corrected chi connectivity index (χ2v) is 14.0. The average Bonchev–Trinajstić information content (AvgIpc) is 3.06. The molecule has 0 amide bonds. The molecule has 250 valence electrons. The molecule has 0 aliphatic carbocycles. The third-order valence-electron chi connectivity index (χ3n) is 8.45. The maximum Gasteiger partial charge on any atom is 0.229 e. The molecule has 0 bridgehead atoms. The summed E-state index contributed by atoms with van der Waals surface area (Å²) in [6.45, 7) is 7.78. The van der Waals surface area contributed by atoms with Crippen molar-refractivity contribution < 1.29 is 27.4 Å². The van der Waals surface area contributed by atoms with Crippen LogP contribution in [0.15, 0.2) is 30.5 Å². The van der Waals surface area contributed by atoms with E-state index in [9.17, 15) is 8.42 Å². The summed E-state index contributed by atoms with van der Waals surface area (Å²) in [7, 11) is 1.18. The van der Waals surface area contributed by atoms with Crippen LogP contribution in [0.2, 0.25) is 5.02 Å². The van der Waals surface area contributed by atoms with Crippen molar-refractivity contribution in [2.45, 2.75) is 38.0 Å². The Morgan fingerprint density at radius 1 is 0.978 bits per heavy atom. The number of anilines is 5. The number of nitrogens with zero attached hydrogens (tertiary/aromatic N) is 4. The van der Waals surface area contributed by atoms with Gasteiger partial charge in [-0.3, -0.25) is 4.90 Å². The van der Waals surface area contributed by atoms with Crippen molar-refractivity contribution in [3.05, 3.63) is 46.6 Å². The molecule has 2 fully saturated rings. The highest BCUT2D eigenvalue weighted by Gasteiger charge is 2.27. The Bertz CT molecular complexity index is 1630.